The molecule has 1 fully saturated rings. The molecular formula is C23H27ClN4O4. The van der Waals surface area contributed by atoms with Gasteiger partial charge in [-0.05, 0) is 36.2 Å². The molecule has 32 heavy (non-hydrogen) atoms. The smallest absolute Gasteiger partial charge is 0.260 e. The van der Waals surface area contributed by atoms with Crippen molar-refractivity contribution in [1.82, 2.24) is 9.80 Å². The SMILES string of the molecule is CCc1ccccc1NC(=O)CN1CCN(C(=O)COc2cc(Cl)ccc2C(N)=O)CC1. The van der Waals surface area contributed by atoms with Crippen LogP contribution in [-0.4, -0.2) is 66.9 Å². The van der Waals surface area contributed by atoms with Crippen LogP contribution in [-0.2, 0) is 16.0 Å². The molecule has 2 aromatic carbocycles. The third kappa shape index (κ3) is 6.21. The van der Waals surface area contributed by atoms with Crippen molar-refractivity contribution in [3.63, 3.8) is 0 Å². The van der Waals surface area contributed by atoms with Crippen molar-refractivity contribution in [2.24, 2.45) is 5.73 Å². The molecule has 1 saturated heterocycles. The predicted octanol–water partition coefficient (Wildman–Crippen LogP) is 2.16. The van der Waals surface area contributed by atoms with Gasteiger partial charge in [0.15, 0.2) is 6.61 Å². The number of benzene rings is 2. The number of nitrogens with two attached hydrogens (primary N) is 1. The number of piperazine rings is 1. The summed E-state index contributed by atoms with van der Waals surface area (Å²) in [6, 6.07) is 12.2. The summed E-state index contributed by atoms with van der Waals surface area (Å²) in [5.41, 5.74) is 7.44. The molecule has 0 unspecified atom stereocenters. The molecule has 1 aliphatic rings. The minimum atomic E-state index is -0.655. The van der Waals surface area contributed by atoms with Gasteiger partial charge < -0.3 is 20.7 Å². The van der Waals surface area contributed by atoms with Crippen molar-refractivity contribution in [3.8, 4) is 5.75 Å². The summed E-state index contributed by atoms with van der Waals surface area (Å²) in [6.45, 7) is 4.22. The van der Waals surface area contributed by atoms with Crippen LogP contribution in [0.3, 0.4) is 0 Å². The van der Waals surface area contributed by atoms with E-state index in [2.05, 4.69) is 5.32 Å². The molecular weight excluding hydrogens is 432 g/mol. The van der Waals surface area contributed by atoms with Gasteiger partial charge in [0, 0.05) is 36.9 Å². The standard InChI is InChI=1S/C23H27ClN4O4/c1-2-16-5-3-4-6-19(16)26-21(29)14-27-9-11-28(12-10-27)22(30)15-32-20-13-17(24)7-8-18(20)23(25)31/h3-8,13H,2,9-12,14-15H2,1H3,(H2,25,31)(H,26,29). The summed E-state index contributed by atoms with van der Waals surface area (Å²) in [5, 5.41) is 3.35. The van der Waals surface area contributed by atoms with Crippen molar-refractivity contribution in [2.75, 3.05) is 44.6 Å². The fraction of sp³-hybridized carbons (Fsp3) is 0.348. The maximum Gasteiger partial charge on any atom is 0.260 e. The number of carbonyl (C=O) groups is 3. The Hall–Kier alpha value is -3.10. The van der Waals surface area contributed by atoms with E-state index in [1.54, 1.807) is 4.90 Å². The zero-order valence-corrected chi connectivity index (χ0v) is 18.7. The quantitative estimate of drug-likeness (QED) is 0.630. The molecule has 0 saturated carbocycles. The molecule has 0 atom stereocenters. The van der Waals surface area contributed by atoms with Gasteiger partial charge in [-0.3, -0.25) is 19.3 Å². The Kier molecular flexibility index (Phi) is 8.08. The van der Waals surface area contributed by atoms with E-state index in [0.29, 0.717) is 31.2 Å². The highest BCUT2D eigenvalue weighted by atomic mass is 35.5. The van der Waals surface area contributed by atoms with Gasteiger partial charge >= 0.3 is 0 Å². The van der Waals surface area contributed by atoms with E-state index in [4.69, 9.17) is 22.1 Å². The van der Waals surface area contributed by atoms with Crippen LogP contribution in [0.4, 0.5) is 5.69 Å². The van der Waals surface area contributed by atoms with Crippen molar-refractivity contribution in [2.45, 2.75) is 13.3 Å². The van der Waals surface area contributed by atoms with Crippen molar-refractivity contribution >= 4 is 35.0 Å². The number of hydrogen-bond donors (Lipinski definition) is 2. The van der Waals surface area contributed by atoms with E-state index in [0.717, 1.165) is 17.7 Å². The zero-order chi connectivity index (χ0) is 23.1. The summed E-state index contributed by atoms with van der Waals surface area (Å²) >= 11 is 5.95. The van der Waals surface area contributed by atoms with E-state index in [9.17, 15) is 14.4 Å². The zero-order valence-electron chi connectivity index (χ0n) is 18.0. The summed E-state index contributed by atoms with van der Waals surface area (Å²) in [7, 11) is 0. The van der Waals surface area contributed by atoms with E-state index in [1.807, 2.05) is 36.1 Å². The lowest BCUT2D eigenvalue weighted by Crippen LogP contribution is -2.51. The van der Waals surface area contributed by atoms with Crippen molar-refractivity contribution in [1.29, 1.82) is 0 Å². The van der Waals surface area contributed by atoms with Gasteiger partial charge in [0.1, 0.15) is 5.75 Å². The molecule has 2 aromatic rings. The Morgan fingerprint density at radius 2 is 1.81 bits per heavy atom. The van der Waals surface area contributed by atoms with Crippen LogP contribution in [0.2, 0.25) is 5.02 Å². The number of halogens is 1. The highest BCUT2D eigenvalue weighted by Gasteiger charge is 2.23. The lowest BCUT2D eigenvalue weighted by atomic mass is 10.1. The number of rotatable bonds is 8. The number of nitrogens with zero attached hydrogens (tertiary/aromatic N) is 2. The van der Waals surface area contributed by atoms with Crippen LogP contribution >= 0.6 is 11.6 Å². The fourth-order valence-electron chi connectivity index (χ4n) is 3.55. The minimum Gasteiger partial charge on any atom is -0.483 e. The number of nitrogens with one attached hydrogen (secondary N) is 1. The van der Waals surface area contributed by atoms with Gasteiger partial charge in [-0.15, -0.1) is 0 Å². The molecule has 0 bridgehead atoms. The molecule has 3 N–H and O–H groups in total. The normalized spacial score (nSPS) is 14.1. The summed E-state index contributed by atoms with van der Waals surface area (Å²) in [6.07, 6.45) is 0.843. The molecule has 0 aromatic heterocycles. The number of anilines is 1. The molecule has 0 spiro atoms. The Morgan fingerprint density at radius 3 is 2.50 bits per heavy atom. The van der Waals surface area contributed by atoms with Crippen molar-refractivity contribution in [3.05, 3.63) is 58.6 Å². The predicted molar refractivity (Wildman–Crippen MR) is 123 cm³/mol. The first-order chi connectivity index (χ1) is 15.4. The largest absolute Gasteiger partial charge is 0.483 e. The van der Waals surface area contributed by atoms with Crippen LogP contribution in [0.5, 0.6) is 5.75 Å². The Bertz CT molecular complexity index is 990. The molecule has 1 aliphatic heterocycles. The van der Waals surface area contributed by atoms with E-state index in [1.165, 1.54) is 18.2 Å². The number of amides is 3. The number of hydrogen-bond acceptors (Lipinski definition) is 5. The molecule has 3 rings (SSSR count). The van der Waals surface area contributed by atoms with Crippen LogP contribution in [0, 0.1) is 0 Å². The van der Waals surface area contributed by atoms with E-state index >= 15 is 0 Å². The monoisotopic (exact) mass is 458 g/mol. The number of primary amides is 1. The maximum atomic E-state index is 12.5. The third-order valence-corrected chi connectivity index (χ3v) is 5.56. The molecule has 9 heteroatoms. The van der Waals surface area contributed by atoms with Crippen LogP contribution in [0.15, 0.2) is 42.5 Å². The van der Waals surface area contributed by atoms with Gasteiger partial charge in [0.2, 0.25) is 5.91 Å². The first-order valence-electron chi connectivity index (χ1n) is 10.5. The average Bonchev–Trinajstić information content (AvgIpc) is 2.78. The average molecular weight is 459 g/mol. The lowest BCUT2D eigenvalue weighted by Gasteiger charge is -2.34. The lowest BCUT2D eigenvalue weighted by molar-refractivity contribution is -0.135. The number of aryl methyl sites for hydroxylation is 1. The Labute approximate surface area is 192 Å². The van der Waals surface area contributed by atoms with Crippen LogP contribution in [0.25, 0.3) is 0 Å². The number of para-hydroxylation sites is 1. The van der Waals surface area contributed by atoms with Gasteiger partial charge in [-0.25, -0.2) is 0 Å². The van der Waals surface area contributed by atoms with Crippen molar-refractivity contribution < 1.29 is 19.1 Å². The maximum absolute atomic E-state index is 12.5. The fourth-order valence-corrected chi connectivity index (χ4v) is 3.71. The van der Waals surface area contributed by atoms with E-state index in [-0.39, 0.29) is 36.3 Å². The second-order valence-electron chi connectivity index (χ2n) is 7.51. The van der Waals surface area contributed by atoms with E-state index < -0.39 is 5.91 Å². The summed E-state index contributed by atoms with van der Waals surface area (Å²) < 4.78 is 5.52. The summed E-state index contributed by atoms with van der Waals surface area (Å²) in [4.78, 5) is 40.2. The number of ether oxygens (including phenoxy) is 1. The van der Waals surface area contributed by atoms with Gasteiger partial charge in [0.25, 0.3) is 11.8 Å². The van der Waals surface area contributed by atoms with Gasteiger partial charge in [-0.2, -0.15) is 0 Å². The summed E-state index contributed by atoms with van der Waals surface area (Å²) in [5.74, 6) is -0.756. The Morgan fingerprint density at radius 1 is 1.09 bits per heavy atom. The highest BCUT2D eigenvalue weighted by Crippen LogP contribution is 2.23. The molecule has 1 heterocycles. The molecule has 3 amide bonds. The second kappa shape index (κ2) is 11.0. The number of carbonyl (C=O) groups excluding carboxylic acids is 3. The Balaban J connectivity index is 1.46. The topological polar surface area (TPSA) is 105 Å². The minimum absolute atomic E-state index is 0.0750. The third-order valence-electron chi connectivity index (χ3n) is 5.32. The second-order valence-corrected chi connectivity index (χ2v) is 7.95. The first kappa shape index (κ1) is 23.6. The molecule has 0 aliphatic carbocycles. The van der Waals surface area contributed by atoms with Crippen LogP contribution < -0.4 is 15.8 Å². The molecule has 8 nitrogen and oxygen atoms in total. The molecule has 170 valence electrons. The van der Waals surface area contributed by atoms with Gasteiger partial charge in [0.05, 0.1) is 12.1 Å². The highest BCUT2D eigenvalue weighted by molar-refractivity contribution is 6.30. The van der Waals surface area contributed by atoms with Crippen LogP contribution in [0.1, 0.15) is 22.8 Å². The molecule has 0 radical (unpaired) electrons. The van der Waals surface area contributed by atoms with Gasteiger partial charge in [-0.1, -0.05) is 36.7 Å². The first-order valence-corrected chi connectivity index (χ1v) is 10.8.